The molecule has 2 aliphatic heterocycles. The highest BCUT2D eigenvalue weighted by atomic mass is 32.2. The molecule has 2 N–H and O–H groups in total. The number of anilines is 1. The Labute approximate surface area is 235 Å². The van der Waals surface area contributed by atoms with E-state index in [-0.39, 0.29) is 39.4 Å². The summed E-state index contributed by atoms with van der Waals surface area (Å²) in [5.41, 5.74) is -0.0781. The van der Waals surface area contributed by atoms with Gasteiger partial charge in [-0.05, 0) is 36.6 Å². The van der Waals surface area contributed by atoms with Gasteiger partial charge in [0.05, 0.1) is 11.2 Å². The minimum absolute atomic E-state index is 0.00255. The number of nitrogens with zero attached hydrogens (tertiary/aromatic N) is 4. The number of fused-ring (bicyclic) bond motifs is 2. The van der Waals surface area contributed by atoms with Crippen molar-refractivity contribution in [2.24, 2.45) is 10.3 Å². The number of amidine groups is 1. The number of sulfonamides is 1. The van der Waals surface area contributed by atoms with Gasteiger partial charge in [-0.2, -0.15) is 8.42 Å². The van der Waals surface area contributed by atoms with Crippen molar-refractivity contribution in [3.05, 3.63) is 58.4 Å². The molecule has 0 bridgehead atoms. The highest BCUT2D eigenvalue weighted by Crippen LogP contribution is 2.36. The number of aromatic hydroxyl groups is 1. The second-order valence-corrected chi connectivity index (χ2v) is 12.1. The van der Waals surface area contributed by atoms with Crippen molar-refractivity contribution >= 4 is 44.4 Å². The van der Waals surface area contributed by atoms with Crippen LogP contribution in [0.5, 0.6) is 11.5 Å². The lowest BCUT2D eigenvalue weighted by molar-refractivity contribution is -0.130. The van der Waals surface area contributed by atoms with Gasteiger partial charge in [0, 0.05) is 51.1 Å². The Kier molecular flexibility index (Phi) is 6.68. The molecule has 1 aliphatic carbocycles. The third-order valence-electron chi connectivity index (χ3n) is 7.72. The predicted molar refractivity (Wildman–Crippen MR) is 151 cm³/mol. The first-order valence-corrected chi connectivity index (χ1v) is 14.9. The van der Waals surface area contributed by atoms with E-state index < -0.39 is 21.7 Å². The quantitative estimate of drug-likeness (QED) is 0.468. The zero-order chi connectivity index (χ0) is 28.9. The van der Waals surface area contributed by atoms with Crippen molar-refractivity contribution in [2.75, 3.05) is 31.5 Å². The number of amides is 2. The predicted octanol–water partition coefficient (Wildman–Crippen LogP) is 2.73. The number of benzene rings is 2. The fourth-order valence-corrected chi connectivity index (χ4v) is 6.36. The highest BCUT2D eigenvalue weighted by molar-refractivity contribution is 7.90. The summed E-state index contributed by atoms with van der Waals surface area (Å²) in [7, 11) is -4.34. The summed E-state index contributed by atoms with van der Waals surface area (Å²) >= 11 is 0. The van der Waals surface area contributed by atoms with Gasteiger partial charge in [-0.15, -0.1) is 4.40 Å². The lowest BCUT2D eigenvalue weighted by atomic mass is 10.1. The Hall–Kier alpha value is -4.39. The van der Waals surface area contributed by atoms with Crippen molar-refractivity contribution in [3.8, 4) is 11.5 Å². The van der Waals surface area contributed by atoms with Crippen LogP contribution in [0.15, 0.2) is 56.6 Å². The lowest BCUT2D eigenvalue weighted by Crippen LogP contribution is -2.50. The van der Waals surface area contributed by atoms with Crippen LogP contribution < -0.4 is 15.6 Å². The first-order chi connectivity index (χ1) is 19.6. The Morgan fingerprint density at radius 2 is 1.78 bits per heavy atom. The molecule has 1 saturated heterocycles. The van der Waals surface area contributed by atoms with Crippen LogP contribution in [-0.4, -0.2) is 71.9 Å². The third kappa shape index (κ3) is 5.12. The molecule has 41 heavy (non-hydrogen) atoms. The molecule has 0 unspecified atom stereocenters. The number of ether oxygens (including phenoxy) is 1. The molecule has 2 amide bonds. The largest absolute Gasteiger partial charge is 0.506 e. The van der Waals surface area contributed by atoms with E-state index in [1.807, 2.05) is 0 Å². The van der Waals surface area contributed by atoms with Crippen LogP contribution >= 0.6 is 0 Å². The summed E-state index contributed by atoms with van der Waals surface area (Å²) in [6.07, 6.45) is 2.39. The summed E-state index contributed by atoms with van der Waals surface area (Å²) in [5, 5.41) is 14.4. The van der Waals surface area contributed by atoms with Crippen molar-refractivity contribution in [1.29, 1.82) is 0 Å². The van der Waals surface area contributed by atoms with Crippen LogP contribution in [0.3, 0.4) is 0 Å². The highest BCUT2D eigenvalue weighted by Gasteiger charge is 2.32. The van der Waals surface area contributed by atoms with E-state index >= 15 is 0 Å². The Balaban J connectivity index is 1.29. The number of piperazine rings is 1. The number of hydrogen-bond acceptors (Lipinski definition) is 8. The number of aromatic nitrogens is 1. The molecule has 2 fully saturated rings. The van der Waals surface area contributed by atoms with Crippen LogP contribution in [0.4, 0.5) is 10.5 Å². The van der Waals surface area contributed by atoms with E-state index in [0.717, 1.165) is 19.3 Å². The Morgan fingerprint density at radius 3 is 2.49 bits per heavy atom. The number of rotatable bonds is 5. The molecule has 0 atom stereocenters. The third-order valence-corrected chi connectivity index (χ3v) is 9.04. The van der Waals surface area contributed by atoms with Gasteiger partial charge < -0.3 is 29.5 Å². The molecule has 1 aromatic heterocycles. The molecule has 3 aromatic rings. The van der Waals surface area contributed by atoms with Crippen molar-refractivity contribution < 1.29 is 27.9 Å². The maximum Gasteiger partial charge on any atom is 0.415 e. The molecule has 2 aromatic carbocycles. The van der Waals surface area contributed by atoms with Crippen LogP contribution in [0.1, 0.15) is 31.7 Å². The fraction of sp³-hybridized carbons (Fsp3) is 0.357. The van der Waals surface area contributed by atoms with Gasteiger partial charge in [0.15, 0.2) is 5.84 Å². The number of aryl methyl sites for hydroxylation is 1. The van der Waals surface area contributed by atoms with E-state index in [1.165, 1.54) is 30.0 Å². The molecular weight excluding hydrogens is 550 g/mol. The first-order valence-electron chi connectivity index (χ1n) is 13.5. The molecule has 3 aliphatic rings. The van der Waals surface area contributed by atoms with E-state index in [0.29, 0.717) is 49.5 Å². The monoisotopic (exact) mass is 579 g/mol. The van der Waals surface area contributed by atoms with Crippen LogP contribution in [0.2, 0.25) is 0 Å². The Morgan fingerprint density at radius 1 is 1.07 bits per heavy atom. The van der Waals surface area contributed by atoms with Crippen LogP contribution in [0.25, 0.3) is 10.9 Å². The zero-order valence-corrected chi connectivity index (χ0v) is 23.2. The van der Waals surface area contributed by atoms with E-state index in [9.17, 15) is 27.9 Å². The van der Waals surface area contributed by atoms with Gasteiger partial charge in [0.1, 0.15) is 22.0 Å². The molecule has 0 radical (unpaired) electrons. The van der Waals surface area contributed by atoms with Crippen LogP contribution in [-0.2, 0) is 21.4 Å². The molecule has 0 spiro atoms. The van der Waals surface area contributed by atoms with Gasteiger partial charge in [-0.3, -0.25) is 9.59 Å². The maximum atomic E-state index is 13.6. The summed E-state index contributed by atoms with van der Waals surface area (Å²) in [5.74, 6) is -0.140. The average molecular weight is 580 g/mol. The second-order valence-electron chi connectivity index (χ2n) is 10.5. The number of carbonyl (C=O) groups excluding carboxylic acids is 2. The number of para-hydroxylation sites is 1. The van der Waals surface area contributed by atoms with Crippen LogP contribution in [0, 0.1) is 5.92 Å². The van der Waals surface area contributed by atoms with Crippen molar-refractivity contribution in [1.82, 2.24) is 14.4 Å². The molecule has 6 rings (SSSR count). The summed E-state index contributed by atoms with van der Waals surface area (Å²) in [4.78, 5) is 40.7. The average Bonchev–Trinajstić information content (AvgIpc) is 3.78. The molecule has 12 nitrogen and oxygen atoms in total. The van der Waals surface area contributed by atoms with Crippen molar-refractivity contribution in [3.63, 3.8) is 0 Å². The molecule has 13 heteroatoms. The van der Waals surface area contributed by atoms with Gasteiger partial charge in [0.2, 0.25) is 5.91 Å². The van der Waals surface area contributed by atoms with Gasteiger partial charge in [0.25, 0.3) is 15.6 Å². The van der Waals surface area contributed by atoms with E-state index in [2.05, 4.69) is 9.71 Å². The number of pyridine rings is 1. The smallest absolute Gasteiger partial charge is 0.415 e. The number of nitrogens with one attached hydrogen (secondary N) is 1. The lowest BCUT2D eigenvalue weighted by Gasteiger charge is -2.33. The standard InChI is InChI=1S/C28H29N5O7S/c1-17(34)31-12-14-32(15-13-31)28(37)40-19-8-9-21-23(16-19)41(38,39)30-26(29-21)24-25(35)20-4-2-3-5-22(20)33(27(24)36)11-10-18-6-7-18/h2-5,8-9,16,18,35H,6-7,10-15H2,1H3,(H,29,30). The van der Waals surface area contributed by atoms with Gasteiger partial charge >= 0.3 is 6.09 Å². The number of hydrogen-bond donors (Lipinski definition) is 2. The Bertz CT molecular complexity index is 1770. The summed E-state index contributed by atoms with van der Waals surface area (Å²) in [6, 6.07) is 11.0. The maximum absolute atomic E-state index is 13.6. The topological polar surface area (TPSA) is 151 Å². The van der Waals surface area contributed by atoms with Gasteiger partial charge in [-0.1, -0.05) is 25.0 Å². The van der Waals surface area contributed by atoms with E-state index in [1.54, 1.807) is 33.7 Å². The molecule has 214 valence electrons. The number of carbonyl (C=O) groups is 2. The second kappa shape index (κ2) is 10.2. The minimum Gasteiger partial charge on any atom is -0.506 e. The molecule has 3 heterocycles. The summed E-state index contributed by atoms with van der Waals surface area (Å²) in [6.45, 7) is 3.26. The molecular formula is C28H29N5O7S. The first kappa shape index (κ1) is 26.8. The SMILES string of the molecule is CC(=O)N1CCN(C(=O)Oc2ccc3c(c2)S(=O)(=O)N=C(c2c(O)c4ccccc4n(CCC4CC4)c2=O)N3)CC1. The summed E-state index contributed by atoms with van der Waals surface area (Å²) < 4.78 is 37.4. The van der Waals surface area contributed by atoms with Gasteiger partial charge in [-0.25, -0.2) is 4.79 Å². The van der Waals surface area contributed by atoms with E-state index in [4.69, 9.17) is 4.74 Å². The zero-order valence-electron chi connectivity index (χ0n) is 22.4. The molecule has 1 saturated carbocycles. The fourth-order valence-electron chi connectivity index (χ4n) is 5.22. The van der Waals surface area contributed by atoms with Crippen molar-refractivity contribution in [2.45, 2.75) is 37.6 Å². The minimum atomic E-state index is -4.34. The normalized spacial score (nSPS) is 17.9.